The fourth-order valence-electron chi connectivity index (χ4n) is 2.02. The summed E-state index contributed by atoms with van der Waals surface area (Å²) < 4.78 is 5.35. The molecule has 0 saturated carbocycles. The van der Waals surface area contributed by atoms with E-state index in [2.05, 4.69) is 10.1 Å². The predicted octanol–water partition coefficient (Wildman–Crippen LogP) is 3.60. The molecule has 0 bridgehead atoms. The molecule has 3 aromatic rings. The van der Waals surface area contributed by atoms with Gasteiger partial charge in [-0.3, -0.25) is 0 Å². The van der Waals surface area contributed by atoms with E-state index in [1.54, 1.807) is 0 Å². The Morgan fingerprint density at radius 1 is 1.00 bits per heavy atom. The fraction of sp³-hybridized carbons (Fsp3) is 0.125. The van der Waals surface area contributed by atoms with Gasteiger partial charge in [-0.25, -0.2) is 0 Å². The maximum Gasteiger partial charge on any atom is 0.258 e. The van der Waals surface area contributed by atoms with Gasteiger partial charge in [0, 0.05) is 16.8 Å². The molecule has 0 spiro atoms. The van der Waals surface area contributed by atoms with Gasteiger partial charge in [0.25, 0.3) is 5.89 Å². The van der Waals surface area contributed by atoms with Crippen LogP contribution in [0.1, 0.15) is 11.1 Å². The van der Waals surface area contributed by atoms with Crippen LogP contribution < -0.4 is 5.73 Å². The van der Waals surface area contributed by atoms with Crippen molar-refractivity contribution in [2.75, 3.05) is 5.73 Å². The highest BCUT2D eigenvalue weighted by Gasteiger charge is 2.12. The third-order valence-corrected chi connectivity index (χ3v) is 3.23. The van der Waals surface area contributed by atoms with Gasteiger partial charge in [-0.15, -0.1) is 0 Å². The van der Waals surface area contributed by atoms with Gasteiger partial charge in [-0.2, -0.15) is 4.98 Å². The molecule has 0 aliphatic heterocycles. The third-order valence-electron chi connectivity index (χ3n) is 3.23. The lowest BCUT2D eigenvalue weighted by Crippen LogP contribution is -1.89. The number of benzene rings is 2. The lowest BCUT2D eigenvalue weighted by Gasteiger charge is -2.01. The molecule has 0 fully saturated rings. The summed E-state index contributed by atoms with van der Waals surface area (Å²) in [5.41, 5.74) is 10.6. The minimum absolute atomic E-state index is 0.491. The Bertz CT molecular complexity index is 745. The molecule has 4 heteroatoms. The summed E-state index contributed by atoms with van der Waals surface area (Å²) in [6.07, 6.45) is 0. The number of anilines is 1. The number of nitrogens with zero attached hydrogens (tertiary/aromatic N) is 2. The summed E-state index contributed by atoms with van der Waals surface area (Å²) in [7, 11) is 0. The number of hydrogen-bond acceptors (Lipinski definition) is 4. The van der Waals surface area contributed by atoms with Crippen molar-refractivity contribution in [3.63, 3.8) is 0 Å². The summed E-state index contributed by atoms with van der Waals surface area (Å²) in [5.74, 6) is 1.08. The normalized spacial score (nSPS) is 10.7. The van der Waals surface area contributed by atoms with Gasteiger partial charge in [0.1, 0.15) is 0 Å². The van der Waals surface area contributed by atoms with Crippen LogP contribution in [0.2, 0.25) is 0 Å². The van der Waals surface area contributed by atoms with Crippen LogP contribution in [-0.4, -0.2) is 10.1 Å². The lowest BCUT2D eigenvalue weighted by molar-refractivity contribution is 0.432. The SMILES string of the molecule is Cc1ccc(-c2noc(-c3cc(N)ccc3C)n2)cc1. The number of aryl methyl sites for hydroxylation is 2. The first-order valence-electron chi connectivity index (χ1n) is 6.41. The summed E-state index contributed by atoms with van der Waals surface area (Å²) in [4.78, 5) is 4.45. The smallest absolute Gasteiger partial charge is 0.258 e. The zero-order chi connectivity index (χ0) is 14.1. The molecule has 0 amide bonds. The molecule has 0 aliphatic carbocycles. The van der Waals surface area contributed by atoms with Gasteiger partial charge in [0.15, 0.2) is 0 Å². The average Bonchev–Trinajstić information content (AvgIpc) is 2.92. The van der Waals surface area contributed by atoms with Crippen molar-refractivity contribution in [2.24, 2.45) is 0 Å². The van der Waals surface area contributed by atoms with Crippen molar-refractivity contribution in [1.29, 1.82) is 0 Å². The molecule has 2 N–H and O–H groups in total. The van der Waals surface area contributed by atoms with E-state index in [0.29, 0.717) is 17.4 Å². The third kappa shape index (κ3) is 2.28. The van der Waals surface area contributed by atoms with E-state index in [-0.39, 0.29) is 0 Å². The number of hydrogen-bond donors (Lipinski definition) is 1. The fourth-order valence-corrected chi connectivity index (χ4v) is 2.02. The van der Waals surface area contributed by atoms with Gasteiger partial charge in [0.05, 0.1) is 0 Å². The Balaban J connectivity index is 2.01. The second kappa shape index (κ2) is 4.81. The van der Waals surface area contributed by atoms with Gasteiger partial charge in [-0.1, -0.05) is 41.1 Å². The van der Waals surface area contributed by atoms with Crippen molar-refractivity contribution < 1.29 is 4.52 Å². The van der Waals surface area contributed by atoms with Crippen LogP contribution in [0.3, 0.4) is 0 Å². The van der Waals surface area contributed by atoms with Gasteiger partial charge in [-0.05, 0) is 31.5 Å². The maximum atomic E-state index is 5.81. The van der Waals surface area contributed by atoms with E-state index in [0.717, 1.165) is 16.7 Å². The lowest BCUT2D eigenvalue weighted by atomic mass is 10.1. The van der Waals surface area contributed by atoms with E-state index >= 15 is 0 Å². The summed E-state index contributed by atoms with van der Waals surface area (Å²) in [6.45, 7) is 4.03. The Hall–Kier alpha value is -2.62. The average molecular weight is 265 g/mol. The minimum Gasteiger partial charge on any atom is -0.399 e. The largest absolute Gasteiger partial charge is 0.399 e. The molecule has 3 rings (SSSR count). The maximum absolute atomic E-state index is 5.81. The molecule has 0 saturated heterocycles. The molecule has 0 aliphatic rings. The molecule has 20 heavy (non-hydrogen) atoms. The van der Waals surface area contributed by atoms with E-state index in [1.807, 2.05) is 56.3 Å². The Morgan fingerprint density at radius 3 is 2.50 bits per heavy atom. The number of rotatable bonds is 2. The molecule has 1 heterocycles. The molecule has 0 atom stereocenters. The van der Waals surface area contributed by atoms with Crippen molar-refractivity contribution in [3.8, 4) is 22.8 Å². The molecule has 4 nitrogen and oxygen atoms in total. The monoisotopic (exact) mass is 265 g/mol. The van der Waals surface area contributed by atoms with Crippen LogP contribution in [-0.2, 0) is 0 Å². The number of nitrogen functional groups attached to an aromatic ring is 1. The summed E-state index contributed by atoms with van der Waals surface area (Å²) >= 11 is 0. The van der Waals surface area contributed by atoms with Crippen LogP contribution in [0.25, 0.3) is 22.8 Å². The van der Waals surface area contributed by atoms with Crippen molar-refractivity contribution in [3.05, 3.63) is 53.6 Å². The van der Waals surface area contributed by atoms with Crippen LogP contribution in [0.5, 0.6) is 0 Å². The molecule has 2 aromatic carbocycles. The second-order valence-electron chi connectivity index (χ2n) is 4.86. The van der Waals surface area contributed by atoms with Gasteiger partial charge >= 0.3 is 0 Å². The highest BCUT2D eigenvalue weighted by molar-refractivity contribution is 5.66. The molecule has 100 valence electrons. The van der Waals surface area contributed by atoms with Crippen molar-refractivity contribution in [2.45, 2.75) is 13.8 Å². The highest BCUT2D eigenvalue weighted by atomic mass is 16.5. The van der Waals surface area contributed by atoms with E-state index < -0.39 is 0 Å². The Morgan fingerprint density at radius 2 is 1.75 bits per heavy atom. The first-order chi connectivity index (χ1) is 9.63. The Labute approximate surface area is 117 Å². The predicted molar refractivity (Wildman–Crippen MR) is 79.1 cm³/mol. The zero-order valence-corrected chi connectivity index (χ0v) is 11.4. The number of aromatic nitrogens is 2. The van der Waals surface area contributed by atoms with Crippen LogP contribution in [0, 0.1) is 13.8 Å². The molecule has 1 aromatic heterocycles. The zero-order valence-electron chi connectivity index (χ0n) is 11.4. The van der Waals surface area contributed by atoms with E-state index in [9.17, 15) is 0 Å². The first-order valence-corrected chi connectivity index (χ1v) is 6.41. The van der Waals surface area contributed by atoms with Gasteiger partial charge < -0.3 is 10.3 Å². The number of nitrogens with two attached hydrogens (primary N) is 1. The standard InChI is InChI=1S/C16H15N3O/c1-10-3-6-12(7-4-10)15-18-16(20-19-15)14-9-13(17)8-5-11(14)2/h3-9H,17H2,1-2H3. The summed E-state index contributed by atoms with van der Waals surface area (Å²) in [5, 5.41) is 4.04. The van der Waals surface area contributed by atoms with Crippen LogP contribution in [0.4, 0.5) is 5.69 Å². The molecule has 0 unspecified atom stereocenters. The van der Waals surface area contributed by atoms with Crippen molar-refractivity contribution >= 4 is 5.69 Å². The van der Waals surface area contributed by atoms with Crippen LogP contribution >= 0.6 is 0 Å². The molecular weight excluding hydrogens is 250 g/mol. The van der Waals surface area contributed by atoms with Crippen LogP contribution in [0.15, 0.2) is 47.0 Å². The highest BCUT2D eigenvalue weighted by Crippen LogP contribution is 2.26. The molecular formula is C16H15N3O. The summed E-state index contributed by atoms with van der Waals surface area (Å²) in [6, 6.07) is 13.7. The topological polar surface area (TPSA) is 64.9 Å². The van der Waals surface area contributed by atoms with E-state index in [4.69, 9.17) is 10.3 Å². The first kappa shape index (κ1) is 12.4. The quantitative estimate of drug-likeness (QED) is 0.719. The van der Waals surface area contributed by atoms with Gasteiger partial charge in [0.2, 0.25) is 5.82 Å². The second-order valence-corrected chi connectivity index (χ2v) is 4.86. The van der Waals surface area contributed by atoms with Crippen molar-refractivity contribution in [1.82, 2.24) is 10.1 Å². The molecule has 0 radical (unpaired) electrons. The minimum atomic E-state index is 0.491. The Kier molecular flexibility index (Phi) is 2.99. The van der Waals surface area contributed by atoms with E-state index in [1.165, 1.54) is 5.56 Å².